The lowest BCUT2D eigenvalue weighted by Crippen LogP contribution is -2.01. The Bertz CT molecular complexity index is 276. The van der Waals surface area contributed by atoms with Gasteiger partial charge in [-0.1, -0.05) is 0 Å². The first-order chi connectivity index (χ1) is 5.13. The van der Waals surface area contributed by atoms with E-state index in [0.717, 1.165) is 6.33 Å². The van der Waals surface area contributed by atoms with Crippen LogP contribution in [0.3, 0.4) is 0 Å². The molecule has 0 radical (unpaired) electrons. The van der Waals surface area contributed by atoms with Crippen LogP contribution in [0.5, 0.6) is 0 Å². The fraction of sp³-hybridized carbons (Fsp3) is 0. The van der Waals surface area contributed by atoms with Crippen LogP contribution in [-0.2, 0) is 0 Å². The fourth-order valence-electron chi connectivity index (χ4n) is 0.583. The van der Waals surface area contributed by atoms with E-state index in [2.05, 4.69) is 9.97 Å². The van der Waals surface area contributed by atoms with E-state index in [9.17, 15) is 14.9 Å². The van der Waals surface area contributed by atoms with E-state index in [1.165, 1.54) is 0 Å². The number of nitrogens with zero attached hydrogens (tertiary/aromatic N) is 2. The average Bonchev–Trinajstić information content (AvgIpc) is 2.32. The first-order valence-corrected chi connectivity index (χ1v) is 2.54. The number of rotatable bonds is 2. The highest BCUT2D eigenvalue weighted by molar-refractivity contribution is 5.89. The Labute approximate surface area is 59.8 Å². The molecule has 1 aromatic heterocycles. The van der Waals surface area contributed by atoms with Crippen LogP contribution in [0.15, 0.2) is 6.33 Å². The fourth-order valence-corrected chi connectivity index (χ4v) is 0.583. The van der Waals surface area contributed by atoms with Crippen LogP contribution in [-0.4, -0.2) is 26.0 Å². The Morgan fingerprint density at radius 3 is 2.82 bits per heavy atom. The van der Waals surface area contributed by atoms with Crippen molar-refractivity contribution in [2.24, 2.45) is 0 Å². The smallest absolute Gasteiger partial charge is 0.363 e. The highest BCUT2D eigenvalue weighted by atomic mass is 16.9. The van der Waals surface area contributed by atoms with Gasteiger partial charge in [0, 0.05) is 0 Å². The second-order valence-electron chi connectivity index (χ2n) is 1.66. The second-order valence-corrected chi connectivity index (χ2v) is 1.66. The zero-order valence-corrected chi connectivity index (χ0v) is 5.14. The van der Waals surface area contributed by atoms with E-state index in [4.69, 9.17) is 5.11 Å². The molecule has 0 atom stereocenters. The van der Waals surface area contributed by atoms with Crippen LogP contribution in [0.2, 0.25) is 0 Å². The number of carbonyl (C=O) groups is 1. The van der Waals surface area contributed by atoms with Crippen molar-refractivity contribution >= 4 is 11.8 Å². The van der Waals surface area contributed by atoms with E-state index in [0.29, 0.717) is 0 Å². The van der Waals surface area contributed by atoms with Gasteiger partial charge in [-0.2, -0.15) is 0 Å². The third-order valence-corrected chi connectivity index (χ3v) is 1.00. The summed E-state index contributed by atoms with van der Waals surface area (Å²) < 4.78 is 0. The lowest BCUT2D eigenvalue weighted by molar-refractivity contribution is -0.389. The second kappa shape index (κ2) is 2.37. The molecular weight excluding hydrogens is 155 g/mol. The summed E-state index contributed by atoms with van der Waals surface area (Å²) in [6.45, 7) is 0. The van der Waals surface area contributed by atoms with Crippen molar-refractivity contribution in [1.29, 1.82) is 0 Å². The first-order valence-electron chi connectivity index (χ1n) is 2.54. The molecule has 2 N–H and O–H groups in total. The normalized spacial score (nSPS) is 9.45. The van der Waals surface area contributed by atoms with E-state index >= 15 is 0 Å². The average molecular weight is 158 g/mol. The molecule has 1 aromatic rings. The van der Waals surface area contributed by atoms with Gasteiger partial charge >= 0.3 is 11.8 Å². The summed E-state index contributed by atoms with van der Waals surface area (Å²) in [6.07, 6.45) is 0.960. The van der Waals surface area contributed by atoms with Gasteiger partial charge in [0.1, 0.15) is 0 Å². The zero-order valence-electron chi connectivity index (χ0n) is 5.14. The molecule has 0 aliphatic carbocycles. The Hall–Kier alpha value is -1.92. The van der Waals surface area contributed by atoms with Gasteiger partial charge < -0.3 is 15.2 Å². The topological polar surface area (TPSA) is 109 Å². The predicted molar refractivity (Wildman–Crippen MR) is 32.2 cm³/mol. The van der Waals surface area contributed by atoms with Crippen LogP contribution >= 0.6 is 0 Å². The molecule has 0 saturated heterocycles. The minimum Gasteiger partial charge on any atom is -0.476 e. The SMILES string of the molecule is O=C(O)c1nc[nH]c1[15N+](=O)[O-]. The van der Waals surface area contributed by atoms with Crippen LogP contribution in [0.25, 0.3) is 0 Å². The molecule has 7 heteroatoms. The molecule has 0 spiro atoms. The maximum Gasteiger partial charge on any atom is 0.363 e. The van der Waals surface area contributed by atoms with Gasteiger partial charge in [0.25, 0.3) is 0 Å². The molecule has 0 aliphatic rings. The Balaban J connectivity index is 3.16. The van der Waals surface area contributed by atoms with Crippen LogP contribution in [0.4, 0.5) is 5.82 Å². The van der Waals surface area contributed by atoms with Crippen molar-refractivity contribution in [1.82, 2.24) is 9.97 Å². The largest absolute Gasteiger partial charge is 0.476 e. The summed E-state index contributed by atoms with van der Waals surface area (Å²) >= 11 is 0. The maximum atomic E-state index is 10.2. The number of hydrogen-bond acceptors (Lipinski definition) is 4. The number of carboxylic acids is 1. The first kappa shape index (κ1) is 7.19. The van der Waals surface area contributed by atoms with Crippen molar-refractivity contribution < 1.29 is 14.8 Å². The van der Waals surface area contributed by atoms with Crippen molar-refractivity contribution in [3.05, 3.63) is 22.1 Å². The Kier molecular flexibility index (Phi) is 1.55. The highest BCUT2D eigenvalue weighted by Crippen LogP contribution is 2.10. The predicted octanol–water partition coefficient (Wildman–Crippen LogP) is 0.0161. The lowest BCUT2D eigenvalue weighted by atomic mass is 10.5. The van der Waals surface area contributed by atoms with Crippen molar-refractivity contribution in [3.8, 4) is 0 Å². The van der Waals surface area contributed by atoms with E-state index in [1.807, 2.05) is 0 Å². The Morgan fingerprint density at radius 2 is 2.45 bits per heavy atom. The minimum atomic E-state index is -1.42. The number of aromatic carboxylic acids is 1. The molecule has 0 unspecified atom stereocenters. The van der Waals surface area contributed by atoms with Crippen molar-refractivity contribution in [2.45, 2.75) is 0 Å². The molecule has 0 saturated carbocycles. The van der Waals surface area contributed by atoms with Gasteiger partial charge in [-0.05, 0) is 4.92 Å². The number of hydrogen-bond donors (Lipinski definition) is 2. The quantitative estimate of drug-likeness (QED) is 0.358. The van der Waals surface area contributed by atoms with Gasteiger partial charge in [-0.3, -0.25) is 0 Å². The molecule has 7 nitrogen and oxygen atoms in total. The molecule has 0 bridgehead atoms. The number of aromatic amines is 1. The monoisotopic (exact) mass is 158 g/mol. The van der Waals surface area contributed by atoms with Crippen LogP contribution in [0, 0.1) is 10.1 Å². The molecule has 1 heterocycles. The van der Waals surface area contributed by atoms with Crippen LogP contribution in [0.1, 0.15) is 10.5 Å². The van der Waals surface area contributed by atoms with E-state index < -0.39 is 22.4 Å². The molecular formula is C4H3N3O4. The minimum absolute atomic E-state index is 0.574. The number of carboxylic acid groups (broad SMARTS) is 1. The summed E-state index contributed by atoms with van der Waals surface area (Å²) in [5, 5.41) is 18.4. The van der Waals surface area contributed by atoms with Crippen LogP contribution < -0.4 is 0 Å². The molecule has 0 fully saturated rings. The summed E-state index contributed by atoms with van der Waals surface area (Å²) in [5.41, 5.74) is -0.574. The van der Waals surface area contributed by atoms with E-state index in [-0.39, 0.29) is 0 Å². The number of nitro groups is 1. The van der Waals surface area contributed by atoms with Gasteiger partial charge in [0.05, 0.1) is 0 Å². The molecule has 58 valence electrons. The number of H-pyrrole nitrogens is 1. The lowest BCUT2D eigenvalue weighted by Gasteiger charge is -1.89. The summed E-state index contributed by atoms with van der Waals surface area (Å²) in [5.74, 6) is -2.02. The number of imidazole rings is 1. The van der Waals surface area contributed by atoms with Gasteiger partial charge in [-0.15, -0.1) is 0 Å². The summed E-state index contributed by atoms with van der Waals surface area (Å²) in [7, 11) is 0. The molecule has 1 rings (SSSR count). The molecule has 11 heavy (non-hydrogen) atoms. The molecule has 0 aromatic carbocycles. The third-order valence-electron chi connectivity index (χ3n) is 1.00. The molecule has 0 aliphatic heterocycles. The summed E-state index contributed by atoms with van der Waals surface area (Å²) in [4.78, 5) is 24.8. The van der Waals surface area contributed by atoms with Crippen molar-refractivity contribution in [2.75, 3.05) is 0 Å². The van der Waals surface area contributed by atoms with Gasteiger partial charge in [-0.25, -0.2) is 14.8 Å². The standard InChI is InChI=1S/C4H3N3O4/c8-4(9)2-3(7(10)11)6-1-5-2/h1H,(H,5,6)(H,8,9)/i7+1. The number of aromatic nitrogens is 2. The third kappa shape index (κ3) is 1.16. The molecule has 0 amide bonds. The van der Waals surface area contributed by atoms with Gasteiger partial charge in [0.15, 0.2) is 6.33 Å². The maximum absolute atomic E-state index is 10.2. The Morgan fingerprint density at radius 1 is 1.82 bits per heavy atom. The van der Waals surface area contributed by atoms with Gasteiger partial charge in [0.2, 0.25) is 5.69 Å². The van der Waals surface area contributed by atoms with E-state index in [1.54, 1.807) is 0 Å². The van der Waals surface area contributed by atoms with Crippen molar-refractivity contribution in [3.63, 3.8) is 0 Å². The number of nitrogens with one attached hydrogen (secondary N) is 1. The highest BCUT2D eigenvalue weighted by Gasteiger charge is 2.21. The zero-order chi connectivity index (χ0) is 8.43. The summed E-state index contributed by atoms with van der Waals surface area (Å²) in [6, 6.07) is 0.